The molecule has 0 radical (unpaired) electrons. The first-order chi connectivity index (χ1) is 9.13. The van der Waals surface area contributed by atoms with Crippen LogP contribution in [0.25, 0.3) is 0 Å². The lowest BCUT2D eigenvalue weighted by molar-refractivity contribution is -0.145. The van der Waals surface area contributed by atoms with Crippen molar-refractivity contribution in [3.8, 4) is 0 Å². The van der Waals surface area contributed by atoms with Gasteiger partial charge in [-0.3, -0.25) is 9.59 Å². The van der Waals surface area contributed by atoms with Crippen LogP contribution in [0.4, 0.5) is 0 Å². The number of sulfonamides is 1. The summed E-state index contributed by atoms with van der Waals surface area (Å²) in [6.07, 6.45) is -0.846. The molecule has 0 heterocycles. The molecule has 0 saturated carbocycles. The first kappa shape index (κ1) is 16.6. The Morgan fingerprint density at radius 3 is 2.45 bits per heavy atom. The molecule has 0 bridgehead atoms. The Morgan fingerprint density at radius 1 is 1.35 bits per heavy atom. The maximum Gasteiger partial charge on any atom is 0.322 e. The van der Waals surface area contributed by atoms with Crippen LogP contribution in [0.1, 0.15) is 12.0 Å². The monoisotopic (exact) mass is 365 g/mol. The van der Waals surface area contributed by atoms with Crippen LogP contribution < -0.4 is 4.72 Å². The van der Waals surface area contributed by atoms with Crippen LogP contribution in [0.3, 0.4) is 0 Å². The predicted molar refractivity (Wildman–Crippen MR) is 72.9 cm³/mol. The van der Waals surface area contributed by atoms with Gasteiger partial charge in [-0.15, -0.1) is 0 Å². The topological polar surface area (TPSA) is 121 Å². The van der Waals surface area contributed by atoms with Crippen LogP contribution in [0.2, 0.25) is 0 Å². The van der Waals surface area contributed by atoms with E-state index < -0.39 is 34.4 Å². The van der Waals surface area contributed by atoms with E-state index in [1.54, 1.807) is 19.1 Å². The Labute approximate surface area is 123 Å². The molecule has 20 heavy (non-hydrogen) atoms. The van der Waals surface area contributed by atoms with Crippen LogP contribution in [0, 0.1) is 6.92 Å². The second-order valence-corrected chi connectivity index (χ2v) is 6.62. The van der Waals surface area contributed by atoms with Gasteiger partial charge in [-0.1, -0.05) is 22.0 Å². The van der Waals surface area contributed by atoms with Gasteiger partial charge < -0.3 is 10.2 Å². The highest BCUT2D eigenvalue weighted by molar-refractivity contribution is 9.10. The summed E-state index contributed by atoms with van der Waals surface area (Å²) in [5.74, 6) is -2.96. The number of nitrogens with one attached hydrogen (secondary N) is 1. The molecule has 1 aromatic carbocycles. The molecule has 110 valence electrons. The summed E-state index contributed by atoms with van der Waals surface area (Å²) in [5.41, 5.74) is 0.417. The Bertz CT molecular complexity index is 642. The second-order valence-electron chi connectivity index (χ2n) is 4.02. The zero-order valence-corrected chi connectivity index (χ0v) is 12.7. The van der Waals surface area contributed by atoms with Gasteiger partial charge in [0.05, 0.1) is 11.3 Å². The Balaban J connectivity index is 3.12. The van der Waals surface area contributed by atoms with Crippen LogP contribution in [0.5, 0.6) is 0 Å². The molecule has 1 atom stereocenters. The summed E-state index contributed by atoms with van der Waals surface area (Å²) in [6, 6.07) is 2.78. The molecule has 7 nitrogen and oxygen atoms in total. The van der Waals surface area contributed by atoms with Crippen molar-refractivity contribution in [3.63, 3.8) is 0 Å². The van der Waals surface area contributed by atoms with E-state index in [1.807, 2.05) is 4.72 Å². The summed E-state index contributed by atoms with van der Waals surface area (Å²) in [5, 5.41) is 17.4. The largest absolute Gasteiger partial charge is 0.481 e. The Kier molecular flexibility index (Phi) is 5.26. The number of hydrogen-bond donors (Lipinski definition) is 3. The van der Waals surface area contributed by atoms with Gasteiger partial charge in [-0.25, -0.2) is 8.42 Å². The number of halogens is 1. The third kappa shape index (κ3) is 4.29. The van der Waals surface area contributed by atoms with E-state index in [4.69, 9.17) is 10.2 Å². The maximum absolute atomic E-state index is 12.1. The van der Waals surface area contributed by atoms with Gasteiger partial charge >= 0.3 is 11.9 Å². The minimum atomic E-state index is -4.13. The summed E-state index contributed by atoms with van der Waals surface area (Å²) >= 11 is 3.12. The lowest BCUT2D eigenvalue weighted by Crippen LogP contribution is -2.42. The Morgan fingerprint density at radius 2 is 1.95 bits per heavy atom. The quantitative estimate of drug-likeness (QED) is 0.690. The molecular formula is C11H12BrNO6S. The molecule has 3 N–H and O–H groups in total. The minimum Gasteiger partial charge on any atom is -0.481 e. The molecule has 0 aliphatic rings. The van der Waals surface area contributed by atoms with Gasteiger partial charge in [-0.05, 0) is 24.6 Å². The standard InChI is InChI=1S/C11H12BrNO6S/c1-6-2-3-7(12)4-9(6)20(18,19)13-8(11(16)17)5-10(14)15/h2-4,8,13H,5H2,1H3,(H,14,15)(H,16,17)/t8-/m0/s1. The van der Waals surface area contributed by atoms with Crippen molar-refractivity contribution < 1.29 is 28.2 Å². The highest BCUT2D eigenvalue weighted by Gasteiger charge is 2.28. The predicted octanol–water partition coefficient (Wildman–Crippen LogP) is 0.964. The van der Waals surface area contributed by atoms with Crippen molar-refractivity contribution in [1.82, 2.24) is 4.72 Å². The van der Waals surface area contributed by atoms with Crippen molar-refractivity contribution in [2.45, 2.75) is 24.3 Å². The number of aryl methyl sites for hydroxylation is 1. The molecule has 0 saturated heterocycles. The third-order valence-electron chi connectivity index (χ3n) is 2.41. The zero-order chi connectivity index (χ0) is 15.5. The van der Waals surface area contributed by atoms with Crippen LogP contribution in [0.15, 0.2) is 27.6 Å². The highest BCUT2D eigenvalue weighted by atomic mass is 79.9. The Hall–Kier alpha value is -1.45. The molecule has 0 spiro atoms. The maximum atomic E-state index is 12.1. The number of rotatable bonds is 6. The average Bonchev–Trinajstić information content (AvgIpc) is 2.30. The molecule has 0 aliphatic carbocycles. The van der Waals surface area contributed by atoms with Crippen molar-refractivity contribution in [1.29, 1.82) is 0 Å². The van der Waals surface area contributed by atoms with Crippen molar-refractivity contribution in [2.75, 3.05) is 0 Å². The number of benzene rings is 1. The molecule has 0 aromatic heterocycles. The van der Waals surface area contributed by atoms with E-state index in [0.717, 1.165) is 0 Å². The van der Waals surface area contributed by atoms with E-state index in [9.17, 15) is 18.0 Å². The number of aliphatic carboxylic acids is 2. The van der Waals surface area contributed by atoms with E-state index in [-0.39, 0.29) is 4.90 Å². The molecule has 1 aromatic rings. The lowest BCUT2D eigenvalue weighted by atomic mass is 10.2. The van der Waals surface area contributed by atoms with Gasteiger partial charge in [0.15, 0.2) is 0 Å². The molecule has 1 rings (SSSR count). The van der Waals surface area contributed by atoms with E-state index in [0.29, 0.717) is 10.0 Å². The van der Waals surface area contributed by atoms with E-state index in [2.05, 4.69) is 15.9 Å². The van der Waals surface area contributed by atoms with E-state index in [1.165, 1.54) is 6.07 Å². The van der Waals surface area contributed by atoms with Gasteiger partial charge in [0, 0.05) is 4.47 Å². The van der Waals surface area contributed by atoms with Crippen molar-refractivity contribution in [2.24, 2.45) is 0 Å². The number of carbonyl (C=O) groups is 2. The van der Waals surface area contributed by atoms with Crippen LogP contribution >= 0.6 is 15.9 Å². The first-order valence-corrected chi connectivity index (χ1v) is 7.64. The smallest absolute Gasteiger partial charge is 0.322 e. The summed E-state index contributed by atoms with van der Waals surface area (Å²) < 4.78 is 26.6. The molecule has 9 heteroatoms. The van der Waals surface area contributed by atoms with Gasteiger partial charge in [0.1, 0.15) is 6.04 Å². The van der Waals surface area contributed by atoms with E-state index >= 15 is 0 Å². The molecule has 0 aliphatic heterocycles. The third-order valence-corrected chi connectivity index (χ3v) is 4.52. The zero-order valence-electron chi connectivity index (χ0n) is 10.3. The van der Waals surface area contributed by atoms with Crippen LogP contribution in [-0.4, -0.2) is 36.6 Å². The van der Waals surface area contributed by atoms with Crippen LogP contribution in [-0.2, 0) is 19.6 Å². The van der Waals surface area contributed by atoms with Gasteiger partial charge in [-0.2, -0.15) is 4.72 Å². The summed E-state index contributed by atoms with van der Waals surface area (Å²) in [7, 11) is -4.13. The average molecular weight is 366 g/mol. The van der Waals surface area contributed by atoms with Crippen molar-refractivity contribution >= 4 is 37.9 Å². The highest BCUT2D eigenvalue weighted by Crippen LogP contribution is 2.20. The number of carboxylic acids is 2. The fourth-order valence-electron chi connectivity index (χ4n) is 1.47. The summed E-state index contributed by atoms with van der Waals surface area (Å²) in [6.45, 7) is 1.55. The molecule has 0 unspecified atom stereocenters. The SMILES string of the molecule is Cc1ccc(Br)cc1S(=O)(=O)N[C@@H](CC(=O)O)C(=O)O. The van der Waals surface area contributed by atoms with Crippen molar-refractivity contribution in [3.05, 3.63) is 28.2 Å². The van der Waals surface area contributed by atoms with Gasteiger partial charge in [0.25, 0.3) is 0 Å². The molecule has 0 fully saturated rings. The lowest BCUT2D eigenvalue weighted by Gasteiger charge is -2.14. The number of carboxylic acid groups (broad SMARTS) is 2. The summed E-state index contributed by atoms with van der Waals surface area (Å²) in [4.78, 5) is 21.3. The fourth-order valence-corrected chi connectivity index (χ4v) is 3.44. The minimum absolute atomic E-state index is 0.108. The number of hydrogen-bond acceptors (Lipinski definition) is 4. The second kappa shape index (κ2) is 6.33. The first-order valence-electron chi connectivity index (χ1n) is 5.36. The molecule has 0 amide bonds. The fraction of sp³-hybridized carbons (Fsp3) is 0.273. The van der Waals surface area contributed by atoms with Gasteiger partial charge in [0.2, 0.25) is 10.0 Å². The normalized spacial score (nSPS) is 12.9. The molecular weight excluding hydrogens is 354 g/mol.